The molecule has 0 aliphatic carbocycles. The second-order valence-corrected chi connectivity index (χ2v) is 5.54. The number of carbonyl (C=O) groups excluding carboxylic acids is 2. The summed E-state index contributed by atoms with van der Waals surface area (Å²) in [6, 6.07) is 5.32. The summed E-state index contributed by atoms with van der Waals surface area (Å²) in [5.74, 6) is -0.321. The Labute approximate surface area is 134 Å². The van der Waals surface area contributed by atoms with Crippen molar-refractivity contribution in [3.8, 4) is 0 Å². The molecule has 7 nitrogen and oxygen atoms in total. The van der Waals surface area contributed by atoms with Crippen LogP contribution < -0.4 is 5.32 Å². The van der Waals surface area contributed by atoms with E-state index in [0.29, 0.717) is 17.8 Å². The van der Waals surface area contributed by atoms with Crippen molar-refractivity contribution in [2.24, 2.45) is 0 Å². The van der Waals surface area contributed by atoms with Crippen LogP contribution in [-0.4, -0.2) is 51.6 Å². The highest BCUT2D eigenvalue weighted by Crippen LogP contribution is 2.22. The van der Waals surface area contributed by atoms with Crippen molar-refractivity contribution in [1.82, 2.24) is 25.0 Å². The minimum absolute atomic E-state index is 0.0576. The molecule has 2 aromatic rings. The van der Waals surface area contributed by atoms with Gasteiger partial charge in [0.1, 0.15) is 5.69 Å². The largest absolute Gasteiger partial charge is 0.354 e. The Bertz CT molecular complexity index is 681. The number of carbonyl (C=O) groups is 2. The van der Waals surface area contributed by atoms with E-state index in [2.05, 4.69) is 15.4 Å². The van der Waals surface area contributed by atoms with Gasteiger partial charge in [-0.3, -0.25) is 19.3 Å². The molecule has 23 heavy (non-hydrogen) atoms. The summed E-state index contributed by atoms with van der Waals surface area (Å²) in [6.07, 6.45) is 7.10. The minimum Gasteiger partial charge on any atom is -0.354 e. The van der Waals surface area contributed by atoms with Crippen LogP contribution in [0.5, 0.6) is 0 Å². The van der Waals surface area contributed by atoms with Crippen molar-refractivity contribution in [3.05, 3.63) is 48.0 Å². The van der Waals surface area contributed by atoms with Crippen LogP contribution in [0.2, 0.25) is 0 Å². The minimum atomic E-state index is -0.263. The van der Waals surface area contributed by atoms with Gasteiger partial charge in [-0.15, -0.1) is 0 Å². The van der Waals surface area contributed by atoms with E-state index in [4.69, 9.17) is 0 Å². The maximum atomic E-state index is 12.6. The third-order valence-electron chi connectivity index (χ3n) is 4.05. The summed E-state index contributed by atoms with van der Waals surface area (Å²) in [4.78, 5) is 30.0. The fraction of sp³-hybridized carbons (Fsp3) is 0.375. The lowest BCUT2D eigenvalue weighted by Gasteiger charge is -2.32. The van der Waals surface area contributed by atoms with Crippen LogP contribution in [0.4, 0.5) is 0 Å². The molecule has 0 unspecified atom stereocenters. The van der Waals surface area contributed by atoms with Crippen molar-refractivity contribution in [1.29, 1.82) is 0 Å². The number of nitrogens with zero attached hydrogens (tertiary/aromatic N) is 4. The fourth-order valence-electron chi connectivity index (χ4n) is 2.82. The third kappa shape index (κ3) is 3.23. The van der Waals surface area contributed by atoms with Crippen LogP contribution in [0.1, 0.15) is 39.7 Å². The standard InChI is InChI=1S/C16H19N5O2/c1-17-15(22)14-6-5-12(10-18-14)16(23)20-8-2-4-13(11-20)21-9-3-7-19-21/h3,5-7,9-10,13H,2,4,8,11H2,1H3,(H,17,22)/t13-/m1/s1. The van der Waals surface area contributed by atoms with Crippen LogP contribution in [-0.2, 0) is 0 Å². The number of likely N-dealkylation sites (tertiary alicyclic amines) is 1. The van der Waals surface area contributed by atoms with Gasteiger partial charge >= 0.3 is 0 Å². The maximum absolute atomic E-state index is 12.6. The Balaban J connectivity index is 1.71. The highest BCUT2D eigenvalue weighted by molar-refractivity contribution is 5.96. The monoisotopic (exact) mass is 313 g/mol. The summed E-state index contributed by atoms with van der Waals surface area (Å²) < 4.78 is 1.91. The zero-order valence-electron chi connectivity index (χ0n) is 13.0. The van der Waals surface area contributed by atoms with E-state index in [0.717, 1.165) is 19.4 Å². The maximum Gasteiger partial charge on any atom is 0.269 e. The Kier molecular flexibility index (Phi) is 4.36. The van der Waals surface area contributed by atoms with Crippen LogP contribution in [0.3, 0.4) is 0 Å². The summed E-state index contributed by atoms with van der Waals surface area (Å²) >= 11 is 0. The molecule has 1 atom stereocenters. The molecule has 0 bridgehead atoms. The molecule has 3 heterocycles. The Morgan fingerprint density at radius 1 is 1.35 bits per heavy atom. The number of rotatable bonds is 3. The van der Waals surface area contributed by atoms with Gasteiger partial charge in [-0.05, 0) is 31.0 Å². The highest BCUT2D eigenvalue weighted by atomic mass is 16.2. The molecule has 1 fully saturated rings. The van der Waals surface area contributed by atoms with Crippen LogP contribution in [0.15, 0.2) is 36.8 Å². The molecule has 0 spiro atoms. The van der Waals surface area contributed by atoms with E-state index in [-0.39, 0.29) is 17.9 Å². The van der Waals surface area contributed by atoms with E-state index in [1.807, 2.05) is 21.8 Å². The molecular weight excluding hydrogens is 294 g/mol. The molecule has 1 aliphatic heterocycles. The summed E-state index contributed by atoms with van der Waals surface area (Å²) in [5.41, 5.74) is 0.802. The van der Waals surface area contributed by atoms with Crippen molar-refractivity contribution >= 4 is 11.8 Å². The molecule has 3 rings (SSSR count). The normalized spacial score (nSPS) is 17.8. The quantitative estimate of drug-likeness (QED) is 0.920. The fourth-order valence-corrected chi connectivity index (χ4v) is 2.82. The molecule has 2 aromatic heterocycles. The third-order valence-corrected chi connectivity index (χ3v) is 4.05. The molecule has 0 aromatic carbocycles. The average Bonchev–Trinajstić information content (AvgIpc) is 3.15. The molecule has 120 valence electrons. The second-order valence-electron chi connectivity index (χ2n) is 5.54. The van der Waals surface area contributed by atoms with Gasteiger partial charge in [0.05, 0.1) is 11.6 Å². The Morgan fingerprint density at radius 2 is 2.22 bits per heavy atom. The number of aromatic nitrogens is 3. The summed E-state index contributed by atoms with van der Waals surface area (Å²) in [6.45, 7) is 1.37. The van der Waals surface area contributed by atoms with Crippen molar-refractivity contribution in [3.63, 3.8) is 0 Å². The number of amides is 2. The van der Waals surface area contributed by atoms with Gasteiger partial charge in [-0.25, -0.2) is 0 Å². The van der Waals surface area contributed by atoms with Crippen LogP contribution >= 0.6 is 0 Å². The van der Waals surface area contributed by atoms with Crippen molar-refractivity contribution in [2.75, 3.05) is 20.1 Å². The molecule has 0 radical (unpaired) electrons. The van der Waals surface area contributed by atoms with Crippen LogP contribution in [0.25, 0.3) is 0 Å². The number of hydrogen-bond acceptors (Lipinski definition) is 4. The predicted octanol–water partition coefficient (Wildman–Crippen LogP) is 1.12. The molecule has 1 saturated heterocycles. The molecular formula is C16H19N5O2. The SMILES string of the molecule is CNC(=O)c1ccc(C(=O)N2CCC[C@@H](n3cccn3)C2)cn1. The molecule has 7 heteroatoms. The van der Waals surface area contributed by atoms with Gasteiger partial charge in [0.15, 0.2) is 0 Å². The lowest BCUT2D eigenvalue weighted by Crippen LogP contribution is -2.40. The van der Waals surface area contributed by atoms with E-state index < -0.39 is 0 Å². The average molecular weight is 313 g/mol. The molecule has 1 N–H and O–H groups in total. The van der Waals surface area contributed by atoms with Gasteiger partial charge in [0.25, 0.3) is 11.8 Å². The number of pyridine rings is 1. The molecule has 1 aliphatic rings. The smallest absolute Gasteiger partial charge is 0.269 e. The Hall–Kier alpha value is -2.70. The first kappa shape index (κ1) is 15.2. The molecule has 2 amide bonds. The number of piperidine rings is 1. The Morgan fingerprint density at radius 3 is 2.87 bits per heavy atom. The zero-order chi connectivity index (χ0) is 16.2. The first-order valence-corrected chi connectivity index (χ1v) is 7.65. The number of hydrogen-bond donors (Lipinski definition) is 1. The van der Waals surface area contributed by atoms with E-state index in [1.54, 1.807) is 25.4 Å². The second kappa shape index (κ2) is 6.60. The van der Waals surface area contributed by atoms with Crippen molar-refractivity contribution in [2.45, 2.75) is 18.9 Å². The lowest BCUT2D eigenvalue weighted by molar-refractivity contribution is 0.0672. The predicted molar refractivity (Wildman–Crippen MR) is 84.0 cm³/mol. The lowest BCUT2D eigenvalue weighted by atomic mass is 10.0. The van der Waals surface area contributed by atoms with E-state index >= 15 is 0 Å². The van der Waals surface area contributed by atoms with Gasteiger partial charge in [-0.2, -0.15) is 5.10 Å². The van der Waals surface area contributed by atoms with E-state index in [9.17, 15) is 9.59 Å². The van der Waals surface area contributed by atoms with Crippen LogP contribution in [0, 0.1) is 0 Å². The van der Waals surface area contributed by atoms with Gasteiger partial charge in [0.2, 0.25) is 0 Å². The summed E-state index contributed by atoms with van der Waals surface area (Å²) in [5, 5.41) is 6.78. The number of nitrogens with one attached hydrogen (secondary N) is 1. The van der Waals surface area contributed by atoms with Crippen molar-refractivity contribution < 1.29 is 9.59 Å². The molecule has 0 saturated carbocycles. The summed E-state index contributed by atoms with van der Waals surface area (Å²) in [7, 11) is 1.55. The topological polar surface area (TPSA) is 80.1 Å². The van der Waals surface area contributed by atoms with Gasteiger partial charge in [-0.1, -0.05) is 0 Å². The highest BCUT2D eigenvalue weighted by Gasteiger charge is 2.26. The van der Waals surface area contributed by atoms with Gasteiger partial charge in [0, 0.05) is 38.7 Å². The zero-order valence-corrected chi connectivity index (χ0v) is 13.0. The van der Waals surface area contributed by atoms with Gasteiger partial charge < -0.3 is 10.2 Å². The first-order valence-electron chi connectivity index (χ1n) is 7.65. The van der Waals surface area contributed by atoms with E-state index in [1.165, 1.54) is 6.20 Å². The first-order chi connectivity index (χ1) is 11.2.